The molecule has 1 rings (SSSR count). The summed E-state index contributed by atoms with van der Waals surface area (Å²) >= 11 is 11.1. The van der Waals surface area contributed by atoms with E-state index in [-0.39, 0.29) is 12.8 Å². The van der Waals surface area contributed by atoms with E-state index in [1.165, 1.54) is 0 Å². The van der Waals surface area contributed by atoms with Crippen molar-refractivity contribution in [2.24, 2.45) is 0 Å². The number of aryl methyl sites for hydroxylation is 1. The second-order valence-corrected chi connectivity index (χ2v) is 8.56. The molecule has 0 aliphatic carbocycles. The molecule has 0 N–H and O–H groups in total. The monoisotopic (exact) mass is 276 g/mol. The second-order valence-electron chi connectivity index (χ2n) is 3.31. The molecule has 0 fully saturated rings. The zero-order chi connectivity index (χ0) is 12.2. The zero-order valence-corrected chi connectivity index (χ0v) is 11.1. The third-order valence-corrected chi connectivity index (χ3v) is 3.42. The molecule has 2 nitrogen and oxygen atoms in total. The van der Waals surface area contributed by atoms with Crippen LogP contribution in [0, 0.1) is 19.3 Å². The van der Waals surface area contributed by atoms with Crippen molar-refractivity contribution < 1.29 is 9.30 Å². The predicted octanol–water partition coefficient (Wildman–Crippen LogP) is 4.18. The lowest BCUT2D eigenvalue weighted by atomic mass is 10.1. The Morgan fingerprint density at radius 3 is 2.69 bits per heavy atom. The van der Waals surface area contributed by atoms with Crippen molar-refractivity contribution >= 4 is 28.3 Å². The van der Waals surface area contributed by atoms with E-state index in [9.17, 15) is 4.57 Å². The number of hydrogen-bond acceptors (Lipinski definition) is 2. The molecule has 0 heterocycles. The first-order valence-electron chi connectivity index (χ1n) is 4.56. The van der Waals surface area contributed by atoms with Gasteiger partial charge in [-0.15, -0.1) is 6.42 Å². The van der Waals surface area contributed by atoms with Crippen molar-refractivity contribution in [1.82, 2.24) is 0 Å². The summed E-state index contributed by atoms with van der Waals surface area (Å²) in [6.07, 6.45) is 5.24. The Labute approximate surface area is 105 Å². The summed E-state index contributed by atoms with van der Waals surface area (Å²) in [6.45, 7) is 2.10. The summed E-state index contributed by atoms with van der Waals surface area (Å²) in [6, 6.07) is 5.36. The predicted molar refractivity (Wildman–Crippen MR) is 68.5 cm³/mol. The van der Waals surface area contributed by atoms with Crippen molar-refractivity contribution in [3.63, 3.8) is 0 Å². The van der Waals surface area contributed by atoms with Gasteiger partial charge in [-0.3, -0.25) is 4.57 Å². The molecule has 0 aliphatic heterocycles. The molecule has 0 saturated heterocycles. The number of terminal acetylenes is 1. The molecule has 86 valence electrons. The van der Waals surface area contributed by atoms with Gasteiger partial charge in [0.15, 0.2) is 0 Å². The van der Waals surface area contributed by atoms with Crippen LogP contribution in [0.3, 0.4) is 0 Å². The normalized spacial score (nSPS) is 10.9. The van der Waals surface area contributed by atoms with Gasteiger partial charge in [-0.2, -0.15) is 0 Å². The molecule has 0 saturated carbocycles. The lowest BCUT2D eigenvalue weighted by Gasteiger charge is -2.09. The molecule has 1 aromatic carbocycles. The van der Waals surface area contributed by atoms with E-state index in [0.717, 1.165) is 11.1 Å². The summed E-state index contributed by atoms with van der Waals surface area (Å²) in [5, 5.41) is 0. The lowest BCUT2D eigenvalue weighted by Crippen LogP contribution is -1.95. The molecule has 1 aromatic rings. The smallest absolute Gasteiger partial charge is 0.257 e. The summed E-state index contributed by atoms with van der Waals surface area (Å²) in [5.74, 6) is -0.0211. The number of benzene rings is 1. The largest absolute Gasteiger partial charge is 0.481 e. The molecule has 0 aromatic heterocycles. The Morgan fingerprint density at radius 2 is 2.19 bits per heavy atom. The van der Waals surface area contributed by atoms with Gasteiger partial charge in [-0.05, 0) is 52.7 Å². The summed E-state index contributed by atoms with van der Waals surface area (Å²) < 4.78 is 16.5. The van der Waals surface area contributed by atoms with Crippen LogP contribution in [-0.4, -0.2) is 6.61 Å². The maximum Gasteiger partial charge on any atom is 0.257 e. The van der Waals surface area contributed by atoms with Gasteiger partial charge in [0, 0.05) is 0 Å². The van der Waals surface area contributed by atoms with Crippen molar-refractivity contribution in [3.8, 4) is 18.1 Å². The summed E-state index contributed by atoms with van der Waals surface area (Å²) in [5.41, 5.74) is 1.78. The average molecular weight is 277 g/mol. The highest BCUT2D eigenvalue weighted by molar-refractivity contribution is 8.08. The maximum atomic E-state index is 11.3. The van der Waals surface area contributed by atoms with Crippen LogP contribution >= 0.6 is 28.3 Å². The molecule has 0 radical (unpaired) electrons. The first-order valence-corrected chi connectivity index (χ1v) is 8.27. The Bertz CT molecular complexity index is 460. The molecule has 5 heteroatoms. The summed E-state index contributed by atoms with van der Waals surface area (Å²) in [4.78, 5) is 0. The molecule has 0 amide bonds. The third kappa shape index (κ3) is 4.49. The quantitative estimate of drug-likeness (QED) is 0.609. The van der Waals surface area contributed by atoms with Gasteiger partial charge < -0.3 is 4.74 Å². The Kier molecular flexibility index (Phi) is 4.74. The highest BCUT2D eigenvalue weighted by atomic mass is 35.9. The van der Waals surface area contributed by atoms with Gasteiger partial charge in [0.1, 0.15) is 12.4 Å². The Morgan fingerprint density at radius 1 is 1.50 bits per heavy atom. The van der Waals surface area contributed by atoms with E-state index >= 15 is 0 Å². The van der Waals surface area contributed by atoms with Crippen LogP contribution in [0.5, 0.6) is 5.75 Å². The second kappa shape index (κ2) is 5.64. The van der Waals surface area contributed by atoms with Crippen LogP contribution in [0.25, 0.3) is 0 Å². The lowest BCUT2D eigenvalue weighted by molar-refractivity contribution is 0.370. The van der Waals surface area contributed by atoms with E-state index in [4.69, 9.17) is 33.6 Å². The van der Waals surface area contributed by atoms with Gasteiger partial charge in [0.2, 0.25) is 0 Å². The molecular formula is C11H11Cl2O2P. The van der Waals surface area contributed by atoms with Gasteiger partial charge in [-0.1, -0.05) is 12.0 Å². The molecule has 0 unspecified atom stereocenters. The Hall–Kier alpha value is -0.610. The fraction of sp³-hybridized carbons (Fsp3) is 0.273. The number of halogens is 2. The van der Waals surface area contributed by atoms with Crippen LogP contribution in [0.2, 0.25) is 0 Å². The molecule has 0 aliphatic rings. The SMILES string of the molecule is C#CCOc1ccc(CP(=O)(Cl)Cl)c(C)c1. The third-order valence-electron chi connectivity index (χ3n) is 1.99. The number of ether oxygens (including phenoxy) is 1. The minimum absolute atomic E-state index is 0.164. The minimum atomic E-state index is -3.08. The summed E-state index contributed by atoms with van der Waals surface area (Å²) in [7, 11) is 0. The highest BCUT2D eigenvalue weighted by Crippen LogP contribution is 2.59. The molecular weight excluding hydrogens is 266 g/mol. The van der Waals surface area contributed by atoms with Crippen LogP contribution < -0.4 is 4.74 Å². The van der Waals surface area contributed by atoms with Crippen LogP contribution in [0.4, 0.5) is 0 Å². The first-order chi connectivity index (χ1) is 7.42. The molecule has 0 atom stereocenters. The number of hydrogen-bond donors (Lipinski definition) is 0. The van der Waals surface area contributed by atoms with E-state index in [2.05, 4.69) is 5.92 Å². The fourth-order valence-corrected chi connectivity index (χ4v) is 2.78. The molecule has 0 bridgehead atoms. The average Bonchev–Trinajstić information content (AvgIpc) is 2.17. The van der Waals surface area contributed by atoms with Crippen molar-refractivity contribution in [3.05, 3.63) is 29.3 Å². The van der Waals surface area contributed by atoms with E-state index < -0.39 is 5.85 Å². The minimum Gasteiger partial charge on any atom is -0.481 e. The van der Waals surface area contributed by atoms with E-state index in [1.54, 1.807) is 12.1 Å². The van der Waals surface area contributed by atoms with E-state index in [0.29, 0.717) is 5.75 Å². The zero-order valence-electron chi connectivity index (χ0n) is 8.74. The van der Waals surface area contributed by atoms with Crippen molar-refractivity contribution in [2.45, 2.75) is 13.1 Å². The fourth-order valence-electron chi connectivity index (χ4n) is 1.26. The number of rotatable bonds is 4. The molecule has 0 spiro atoms. The van der Waals surface area contributed by atoms with Gasteiger partial charge in [-0.25, -0.2) is 0 Å². The highest BCUT2D eigenvalue weighted by Gasteiger charge is 2.16. The first kappa shape index (κ1) is 13.5. The standard InChI is InChI=1S/C11H11Cl2O2P/c1-3-6-15-11-5-4-10(9(2)7-11)8-16(12,13)14/h1,4-5,7H,6,8H2,2H3. The van der Waals surface area contributed by atoms with Crippen LogP contribution in [0.15, 0.2) is 18.2 Å². The maximum absolute atomic E-state index is 11.3. The van der Waals surface area contributed by atoms with Gasteiger partial charge in [0.25, 0.3) is 5.85 Å². The Balaban J connectivity index is 2.84. The van der Waals surface area contributed by atoms with Crippen LogP contribution in [0.1, 0.15) is 11.1 Å². The van der Waals surface area contributed by atoms with E-state index in [1.807, 2.05) is 13.0 Å². The van der Waals surface area contributed by atoms with Gasteiger partial charge in [0.05, 0.1) is 6.16 Å². The van der Waals surface area contributed by atoms with Crippen LogP contribution in [-0.2, 0) is 10.7 Å². The van der Waals surface area contributed by atoms with Crippen molar-refractivity contribution in [2.75, 3.05) is 6.61 Å². The van der Waals surface area contributed by atoms with Gasteiger partial charge >= 0.3 is 0 Å². The molecule has 16 heavy (non-hydrogen) atoms. The topological polar surface area (TPSA) is 26.3 Å². The van der Waals surface area contributed by atoms with Crippen molar-refractivity contribution in [1.29, 1.82) is 0 Å².